The first-order chi connectivity index (χ1) is 16.5. The molecular formula is C25H20ClFN4O3S. The van der Waals surface area contributed by atoms with Crippen molar-refractivity contribution in [2.24, 2.45) is 0 Å². The fraction of sp³-hybridized carbons (Fsp3) is 0.120. The lowest BCUT2D eigenvalue weighted by atomic mass is 10.2. The van der Waals surface area contributed by atoms with Crippen LogP contribution in [0.3, 0.4) is 0 Å². The zero-order valence-corrected chi connectivity index (χ0v) is 20.1. The number of thioether (sulfide) groups is 1. The van der Waals surface area contributed by atoms with Gasteiger partial charge in [-0.1, -0.05) is 36.0 Å². The maximum absolute atomic E-state index is 14.7. The number of aromatic nitrogens is 4. The lowest BCUT2D eigenvalue weighted by Gasteiger charge is -2.14. The van der Waals surface area contributed by atoms with Gasteiger partial charge >= 0.3 is 5.97 Å². The van der Waals surface area contributed by atoms with Gasteiger partial charge in [0.25, 0.3) is 5.56 Å². The Labute approximate surface area is 209 Å². The van der Waals surface area contributed by atoms with Crippen molar-refractivity contribution in [3.8, 4) is 5.69 Å². The van der Waals surface area contributed by atoms with Gasteiger partial charge < -0.3 is 9.67 Å². The van der Waals surface area contributed by atoms with E-state index < -0.39 is 11.8 Å². The average molecular weight is 511 g/mol. The largest absolute Gasteiger partial charge is 0.478 e. The number of imidazole rings is 1. The average Bonchev–Trinajstić information content (AvgIpc) is 3.20. The lowest BCUT2D eigenvalue weighted by Crippen LogP contribution is -2.22. The predicted molar refractivity (Wildman–Crippen MR) is 136 cm³/mol. The summed E-state index contributed by atoms with van der Waals surface area (Å²) >= 11 is 1.27. The summed E-state index contributed by atoms with van der Waals surface area (Å²) in [5.74, 6) is -0.486. The number of aryl methyl sites for hydroxylation is 1. The summed E-state index contributed by atoms with van der Waals surface area (Å²) in [4.78, 5) is 34.0. The van der Waals surface area contributed by atoms with Gasteiger partial charge in [-0.2, -0.15) is 0 Å². The molecule has 0 aliphatic heterocycles. The molecular weight excluding hydrogens is 491 g/mol. The maximum atomic E-state index is 14.7. The van der Waals surface area contributed by atoms with Crippen LogP contribution in [0.15, 0.2) is 76.7 Å². The minimum Gasteiger partial charge on any atom is -0.478 e. The van der Waals surface area contributed by atoms with Crippen LogP contribution in [0, 0.1) is 5.82 Å². The Hall–Kier alpha value is -3.69. The molecule has 0 unspecified atom stereocenters. The second-order valence-corrected chi connectivity index (χ2v) is 8.52. The van der Waals surface area contributed by atoms with Crippen molar-refractivity contribution in [3.63, 3.8) is 0 Å². The van der Waals surface area contributed by atoms with Crippen LogP contribution in [0.25, 0.3) is 27.6 Å². The first kappa shape index (κ1) is 24.4. The Balaban J connectivity index is 0.00000289. The van der Waals surface area contributed by atoms with Gasteiger partial charge in [0.05, 0.1) is 38.9 Å². The standard InChI is InChI=1S/C25H19FN4O3S.ClH/c1-2-29-21-12-11-15(24(32)33)13-19(21)27-22(29)14-34-25-28-18-9-5-3-7-16(18)23(31)30(25)20-10-6-4-8-17(20)26;/h3-13H,2,14H2,1H3,(H,32,33);1H. The number of carboxylic acid groups (broad SMARTS) is 1. The van der Waals surface area contributed by atoms with Gasteiger partial charge in [-0.3, -0.25) is 9.36 Å². The molecule has 7 nitrogen and oxygen atoms in total. The SMILES string of the molecule is CCn1c(CSc2nc3ccccc3c(=O)n2-c2ccccc2F)nc2cc(C(=O)O)ccc21.Cl. The zero-order valence-electron chi connectivity index (χ0n) is 18.5. The molecule has 0 aliphatic rings. The van der Waals surface area contributed by atoms with E-state index in [4.69, 9.17) is 0 Å². The van der Waals surface area contributed by atoms with Crippen molar-refractivity contribution in [2.45, 2.75) is 24.4 Å². The number of aromatic carboxylic acids is 1. The second kappa shape index (κ2) is 9.89. The minimum absolute atomic E-state index is 0. The highest BCUT2D eigenvalue weighted by molar-refractivity contribution is 7.98. The molecule has 35 heavy (non-hydrogen) atoms. The quantitative estimate of drug-likeness (QED) is 0.246. The lowest BCUT2D eigenvalue weighted by molar-refractivity contribution is 0.0697. The molecule has 0 atom stereocenters. The Morgan fingerprint density at radius 2 is 1.77 bits per heavy atom. The van der Waals surface area contributed by atoms with Gasteiger partial charge in [0.2, 0.25) is 0 Å². The molecule has 3 aromatic carbocycles. The number of nitrogens with zero attached hydrogens (tertiary/aromatic N) is 4. The number of para-hydroxylation sites is 2. The van der Waals surface area contributed by atoms with Crippen molar-refractivity contribution in [2.75, 3.05) is 0 Å². The molecule has 1 N–H and O–H groups in total. The summed E-state index contributed by atoms with van der Waals surface area (Å²) in [7, 11) is 0. The summed E-state index contributed by atoms with van der Waals surface area (Å²) in [6, 6.07) is 17.9. The molecule has 5 aromatic rings. The monoisotopic (exact) mass is 510 g/mol. The van der Waals surface area contributed by atoms with E-state index in [0.29, 0.717) is 39.7 Å². The van der Waals surface area contributed by atoms with Crippen LogP contribution in [0.2, 0.25) is 0 Å². The summed E-state index contributed by atoms with van der Waals surface area (Å²) < 4.78 is 18.0. The first-order valence-electron chi connectivity index (χ1n) is 10.6. The molecule has 0 saturated heterocycles. The normalized spacial score (nSPS) is 11.0. The highest BCUT2D eigenvalue weighted by Crippen LogP contribution is 2.27. The van der Waals surface area contributed by atoms with Crippen LogP contribution < -0.4 is 5.56 Å². The van der Waals surface area contributed by atoms with Crippen molar-refractivity contribution < 1.29 is 14.3 Å². The third-order valence-corrected chi connectivity index (χ3v) is 6.49. The third kappa shape index (κ3) is 4.40. The van der Waals surface area contributed by atoms with E-state index in [1.807, 2.05) is 11.5 Å². The number of hydrogen-bond acceptors (Lipinski definition) is 5. The molecule has 0 fully saturated rings. The number of carbonyl (C=O) groups is 1. The van der Waals surface area contributed by atoms with E-state index in [9.17, 15) is 19.1 Å². The molecule has 10 heteroatoms. The number of rotatable bonds is 6. The maximum Gasteiger partial charge on any atom is 0.335 e. The summed E-state index contributed by atoms with van der Waals surface area (Å²) in [5, 5.41) is 10.0. The summed E-state index contributed by atoms with van der Waals surface area (Å²) in [5.41, 5.74) is 1.86. The van der Waals surface area contributed by atoms with Crippen LogP contribution in [0.1, 0.15) is 23.1 Å². The molecule has 0 spiro atoms. The summed E-state index contributed by atoms with van der Waals surface area (Å²) in [6.07, 6.45) is 0. The number of benzene rings is 3. The zero-order chi connectivity index (χ0) is 23.8. The van der Waals surface area contributed by atoms with Crippen LogP contribution >= 0.6 is 24.2 Å². The molecule has 0 amide bonds. The van der Waals surface area contributed by atoms with Gasteiger partial charge in [-0.15, -0.1) is 12.4 Å². The van der Waals surface area contributed by atoms with Crippen LogP contribution in [0.4, 0.5) is 4.39 Å². The summed E-state index contributed by atoms with van der Waals surface area (Å²) in [6.45, 7) is 2.61. The molecule has 0 radical (unpaired) electrons. The van der Waals surface area contributed by atoms with Crippen molar-refractivity contribution in [1.82, 2.24) is 19.1 Å². The van der Waals surface area contributed by atoms with Crippen LogP contribution in [-0.2, 0) is 12.3 Å². The van der Waals surface area contributed by atoms with Crippen molar-refractivity contribution in [3.05, 3.63) is 94.3 Å². The smallest absolute Gasteiger partial charge is 0.335 e. The molecule has 0 bridgehead atoms. The number of carboxylic acids is 1. The molecule has 0 aliphatic carbocycles. The van der Waals surface area contributed by atoms with Gasteiger partial charge in [-0.05, 0) is 49.4 Å². The highest BCUT2D eigenvalue weighted by Gasteiger charge is 2.18. The Bertz CT molecular complexity index is 1630. The Morgan fingerprint density at radius 3 is 2.51 bits per heavy atom. The number of fused-ring (bicyclic) bond motifs is 2. The van der Waals surface area contributed by atoms with E-state index in [2.05, 4.69) is 9.97 Å². The molecule has 178 valence electrons. The second-order valence-electron chi connectivity index (χ2n) is 7.57. The van der Waals surface area contributed by atoms with E-state index >= 15 is 0 Å². The van der Waals surface area contributed by atoms with Crippen LogP contribution in [0.5, 0.6) is 0 Å². The van der Waals surface area contributed by atoms with Gasteiger partial charge in [-0.25, -0.2) is 19.2 Å². The molecule has 5 rings (SSSR count). The minimum atomic E-state index is -1.02. The fourth-order valence-electron chi connectivity index (χ4n) is 3.96. The van der Waals surface area contributed by atoms with Crippen molar-refractivity contribution >= 4 is 52.1 Å². The van der Waals surface area contributed by atoms with Gasteiger partial charge in [0.1, 0.15) is 11.6 Å². The van der Waals surface area contributed by atoms with Crippen LogP contribution in [-0.4, -0.2) is 30.2 Å². The third-order valence-electron chi connectivity index (χ3n) is 5.56. The van der Waals surface area contributed by atoms with E-state index in [1.54, 1.807) is 60.7 Å². The van der Waals surface area contributed by atoms with E-state index in [1.165, 1.54) is 22.4 Å². The highest BCUT2D eigenvalue weighted by atomic mass is 35.5. The number of hydrogen-bond donors (Lipinski definition) is 1. The van der Waals surface area contributed by atoms with Gasteiger partial charge in [0, 0.05) is 6.54 Å². The molecule has 2 aromatic heterocycles. The van der Waals surface area contributed by atoms with Crippen molar-refractivity contribution in [1.29, 1.82) is 0 Å². The fourth-order valence-corrected chi connectivity index (χ4v) is 4.91. The Morgan fingerprint density at radius 1 is 1.03 bits per heavy atom. The first-order valence-corrected chi connectivity index (χ1v) is 11.6. The number of halogens is 2. The molecule has 0 saturated carbocycles. The van der Waals surface area contributed by atoms with Gasteiger partial charge in [0.15, 0.2) is 5.16 Å². The Kier molecular flexibility index (Phi) is 6.90. The topological polar surface area (TPSA) is 90.0 Å². The van der Waals surface area contributed by atoms with E-state index in [0.717, 1.165) is 5.52 Å². The predicted octanol–water partition coefficient (Wildman–Crippen LogP) is 5.31. The molecule has 2 heterocycles. The van der Waals surface area contributed by atoms with E-state index in [-0.39, 0.29) is 29.2 Å².